The number of benzene rings is 2. The second-order valence-corrected chi connectivity index (χ2v) is 9.11. The first-order valence-electron chi connectivity index (χ1n) is 10.2. The zero-order chi connectivity index (χ0) is 21.2. The molecule has 0 aliphatic carbocycles. The molecule has 153 valence electrons. The summed E-state index contributed by atoms with van der Waals surface area (Å²) < 4.78 is 0. The molecular weight excluding hydrogens is 456 g/mol. The molecule has 0 saturated carbocycles. The van der Waals surface area contributed by atoms with Crippen molar-refractivity contribution in [3.63, 3.8) is 0 Å². The van der Waals surface area contributed by atoms with Crippen LogP contribution >= 0.6 is 0 Å². The molecule has 0 unspecified atom stereocenters. The third kappa shape index (κ3) is 8.17. The standard InChI is InChI=1S/C14H15Si.C9H13.C5H5.Zr/c1-11-7-3-5-9-13(11)15-14-10-6-4-8-12(14)2;1-6-5-7(2)9(4)8(6)3;1-2-4-5-3-1;/h3-10,15H,1-2H3;5H,1-4H3;1-5H;/q;2*-1;+2. The zero-order valence-electron chi connectivity index (χ0n) is 19.2. The number of aryl methyl sites for hydroxylation is 4. The molecule has 0 N–H and O–H groups in total. The molecule has 0 nitrogen and oxygen atoms in total. The average Bonchev–Trinajstić information content (AvgIpc) is 3.36. The van der Waals surface area contributed by atoms with Gasteiger partial charge in [-0.05, 0) is 13.8 Å². The summed E-state index contributed by atoms with van der Waals surface area (Å²) >= 11 is 0. The molecule has 4 aromatic carbocycles. The molecule has 0 bridgehead atoms. The summed E-state index contributed by atoms with van der Waals surface area (Å²) in [5.41, 5.74) is 8.57. The molecule has 0 saturated heterocycles. The van der Waals surface area contributed by atoms with Crippen LogP contribution in [0.1, 0.15) is 33.4 Å². The molecule has 0 aromatic heterocycles. The van der Waals surface area contributed by atoms with Crippen LogP contribution in [0.3, 0.4) is 0 Å². The van der Waals surface area contributed by atoms with E-state index >= 15 is 0 Å². The Balaban J connectivity index is 0.000000254. The van der Waals surface area contributed by atoms with E-state index in [-0.39, 0.29) is 35.7 Å². The van der Waals surface area contributed by atoms with Crippen molar-refractivity contribution in [2.45, 2.75) is 41.5 Å². The summed E-state index contributed by atoms with van der Waals surface area (Å²) in [6.07, 6.45) is 0. The van der Waals surface area contributed by atoms with Crippen LogP contribution in [0.4, 0.5) is 0 Å². The number of rotatable bonds is 2. The Hall–Kier alpha value is -1.76. The topological polar surface area (TPSA) is 0 Å². The van der Waals surface area contributed by atoms with Crippen molar-refractivity contribution in [2.24, 2.45) is 0 Å². The third-order valence-electron chi connectivity index (χ3n) is 5.42. The molecule has 30 heavy (non-hydrogen) atoms. The van der Waals surface area contributed by atoms with Crippen LogP contribution in [0.5, 0.6) is 0 Å². The Bertz CT molecular complexity index is 910. The minimum Gasteiger partial charge on any atom is -0.214 e. The van der Waals surface area contributed by atoms with Crippen molar-refractivity contribution < 1.29 is 26.2 Å². The number of hydrogen-bond donors (Lipinski definition) is 0. The van der Waals surface area contributed by atoms with Crippen molar-refractivity contribution in [3.8, 4) is 0 Å². The molecule has 0 fully saturated rings. The van der Waals surface area contributed by atoms with Gasteiger partial charge in [0.25, 0.3) is 0 Å². The molecule has 0 aliphatic heterocycles. The first-order chi connectivity index (χ1) is 13.9. The normalized spacial score (nSPS) is 9.53. The molecule has 0 atom stereocenters. The summed E-state index contributed by atoms with van der Waals surface area (Å²) in [4.78, 5) is 0. The van der Waals surface area contributed by atoms with Crippen molar-refractivity contribution in [2.75, 3.05) is 0 Å². The minimum atomic E-state index is 0. The van der Waals surface area contributed by atoms with Gasteiger partial charge in [0.1, 0.15) is 9.52 Å². The van der Waals surface area contributed by atoms with E-state index in [4.69, 9.17) is 0 Å². The van der Waals surface area contributed by atoms with Gasteiger partial charge in [-0.3, -0.25) is 0 Å². The quantitative estimate of drug-likeness (QED) is 0.250. The number of hydrogen-bond acceptors (Lipinski definition) is 0. The Morgan fingerprint density at radius 1 is 0.667 bits per heavy atom. The van der Waals surface area contributed by atoms with Crippen molar-refractivity contribution >= 4 is 19.9 Å². The van der Waals surface area contributed by atoms with Crippen LogP contribution in [0.25, 0.3) is 0 Å². The molecule has 1 radical (unpaired) electrons. The van der Waals surface area contributed by atoms with Gasteiger partial charge in [-0.15, -0.1) is 0 Å². The van der Waals surface area contributed by atoms with E-state index in [0.717, 1.165) is 0 Å². The van der Waals surface area contributed by atoms with Crippen molar-refractivity contribution in [3.05, 3.63) is 118 Å². The summed E-state index contributed by atoms with van der Waals surface area (Å²) in [6, 6.07) is 29.6. The van der Waals surface area contributed by atoms with Crippen LogP contribution in [-0.4, -0.2) is 9.52 Å². The van der Waals surface area contributed by atoms with Crippen LogP contribution in [0, 0.1) is 41.5 Å². The Labute approximate surface area is 205 Å². The van der Waals surface area contributed by atoms with Crippen LogP contribution in [0.15, 0.2) is 84.9 Å². The van der Waals surface area contributed by atoms with Crippen molar-refractivity contribution in [1.29, 1.82) is 0 Å². The van der Waals surface area contributed by atoms with Crippen molar-refractivity contribution in [1.82, 2.24) is 0 Å². The van der Waals surface area contributed by atoms with E-state index in [1.54, 1.807) is 0 Å². The predicted molar refractivity (Wildman–Crippen MR) is 132 cm³/mol. The predicted octanol–water partition coefficient (Wildman–Crippen LogP) is 5.73. The van der Waals surface area contributed by atoms with E-state index in [2.05, 4.69) is 96.1 Å². The van der Waals surface area contributed by atoms with Gasteiger partial charge < -0.3 is 0 Å². The Morgan fingerprint density at radius 3 is 1.40 bits per heavy atom. The van der Waals surface area contributed by atoms with E-state index < -0.39 is 0 Å². The van der Waals surface area contributed by atoms with Gasteiger partial charge in [0, 0.05) is 0 Å². The average molecular weight is 489 g/mol. The summed E-state index contributed by atoms with van der Waals surface area (Å²) in [5, 5.41) is 3.01. The molecular formula is C28H33SiZr. The Morgan fingerprint density at radius 2 is 1.13 bits per heavy atom. The fraction of sp³-hybridized carbons (Fsp3) is 0.214. The van der Waals surface area contributed by atoms with Crippen LogP contribution in [-0.2, 0) is 26.2 Å². The smallest absolute Gasteiger partial charge is 0.214 e. The van der Waals surface area contributed by atoms with E-state index in [0.29, 0.717) is 0 Å². The maximum atomic E-state index is 2.25. The molecule has 0 spiro atoms. The fourth-order valence-electron chi connectivity index (χ4n) is 3.12. The Kier molecular flexibility index (Phi) is 11.8. The molecule has 0 aliphatic rings. The van der Waals surface area contributed by atoms with Gasteiger partial charge >= 0.3 is 26.2 Å². The largest absolute Gasteiger partial charge is 2.00 e. The maximum Gasteiger partial charge on any atom is 2.00 e. The first kappa shape index (κ1) is 26.3. The van der Waals surface area contributed by atoms with Crippen LogP contribution < -0.4 is 10.4 Å². The monoisotopic (exact) mass is 487 g/mol. The maximum absolute atomic E-state index is 2.25. The van der Waals surface area contributed by atoms with E-state index in [1.165, 1.54) is 43.8 Å². The van der Waals surface area contributed by atoms with Gasteiger partial charge in [0.15, 0.2) is 0 Å². The minimum absolute atomic E-state index is 0. The molecule has 0 amide bonds. The molecule has 4 rings (SSSR count). The summed E-state index contributed by atoms with van der Waals surface area (Å²) in [6.45, 7) is 13.1. The van der Waals surface area contributed by atoms with Gasteiger partial charge in [0.05, 0.1) is 0 Å². The SMILES string of the molecule is Cc1c[c-](C)c(C)c1C.Cc1ccccc1[SiH]c1ccccc1C.[Zr+2].c1cc[cH-]c1. The second-order valence-electron chi connectivity index (χ2n) is 7.58. The third-order valence-corrected chi connectivity index (χ3v) is 7.34. The van der Waals surface area contributed by atoms with Gasteiger partial charge in [0.2, 0.25) is 0 Å². The molecule has 2 heteroatoms. The van der Waals surface area contributed by atoms with Gasteiger partial charge in [-0.1, -0.05) is 97.7 Å². The summed E-state index contributed by atoms with van der Waals surface area (Å²) in [5.74, 6) is 0. The second kappa shape index (κ2) is 13.5. The molecule has 4 aromatic rings. The summed E-state index contributed by atoms with van der Waals surface area (Å²) in [7, 11) is 0.241. The van der Waals surface area contributed by atoms with E-state index in [9.17, 15) is 0 Å². The fourth-order valence-corrected chi connectivity index (χ4v) is 4.52. The first-order valence-corrected chi connectivity index (χ1v) is 11.4. The van der Waals surface area contributed by atoms with Gasteiger partial charge in [-0.25, -0.2) is 12.1 Å². The van der Waals surface area contributed by atoms with Crippen LogP contribution in [0.2, 0.25) is 0 Å². The van der Waals surface area contributed by atoms with Gasteiger partial charge in [-0.2, -0.15) is 46.5 Å². The molecule has 0 heterocycles. The van der Waals surface area contributed by atoms with E-state index in [1.807, 2.05) is 30.3 Å². The zero-order valence-corrected chi connectivity index (χ0v) is 22.8.